The first-order valence-corrected chi connectivity index (χ1v) is 5.82. The standard InChI is InChI=1S/C12H21F/c1-8-7-12(13)9(2)6-11(8)10-4-3-5-10/h8-12H,3-7H2,1-2H3. The van der Waals surface area contributed by atoms with E-state index in [9.17, 15) is 4.39 Å². The molecule has 0 aromatic rings. The van der Waals surface area contributed by atoms with Crippen LogP contribution >= 0.6 is 0 Å². The Balaban J connectivity index is 1.94. The van der Waals surface area contributed by atoms with Crippen LogP contribution in [-0.4, -0.2) is 6.17 Å². The maximum absolute atomic E-state index is 13.4. The third kappa shape index (κ3) is 1.75. The fraction of sp³-hybridized carbons (Fsp3) is 1.00. The molecule has 76 valence electrons. The van der Waals surface area contributed by atoms with E-state index in [0.717, 1.165) is 24.7 Å². The largest absolute Gasteiger partial charge is 0.247 e. The first-order chi connectivity index (χ1) is 6.18. The summed E-state index contributed by atoms with van der Waals surface area (Å²) in [4.78, 5) is 0. The monoisotopic (exact) mass is 184 g/mol. The van der Waals surface area contributed by atoms with Crippen LogP contribution in [0, 0.1) is 23.7 Å². The molecule has 2 saturated carbocycles. The van der Waals surface area contributed by atoms with Gasteiger partial charge >= 0.3 is 0 Å². The van der Waals surface area contributed by atoms with E-state index in [1.54, 1.807) is 0 Å². The lowest BCUT2D eigenvalue weighted by Crippen LogP contribution is -2.36. The van der Waals surface area contributed by atoms with Crippen molar-refractivity contribution in [3.05, 3.63) is 0 Å². The molecule has 0 bridgehead atoms. The summed E-state index contributed by atoms with van der Waals surface area (Å²) < 4.78 is 13.4. The molecule has 0 amide bonds. The van der Waals surface area contributed by atoms with Crippen molar-refractivity contribution in [3.8, 4) is 0 Å². The summed E-state index contributed by atoms with van der Waals surface area (Å²) in [7, 11) is 0. The van der Waals surface area contributed by atoms with Gasteiger partial charge in [-0.1, -0.05) is 33.1 Å². The number of rotatable bonds is 1. The predicted octanol–water partition coefficient (Wildman–Crippen LogP) is 3.81. The van der Waals surface area contributed by atoms with Gasteiger partial charge in [0.05, 0.1) is 0 Å². The normalized spacial score (nSPS) is 47.3. The summed E-state index contributed by atoms with van der Waals surface area (Å²) in [6.07, 6.45) is 5.69. The zero-order chi connectivity index (χ0) is 9.42. The molecule has 0 heterocycles. The minimum Gasteiger partial charge on any atom is -0.247 e. The molecule has 13 heavy (non-hydrogen) atoms. The van der Waals surface area contributed by atoms with Gasteiger partial charge in [-0.3, -0.25) is 0 Å². The SMILES string of the molecule is CC1CC(C2CCC2)C(C)CC1F. The molecule has 2 aliphatic rings. The minimum absolute atomic E-state index is 0.321. The van der Waals surface area contributed by atoms with E-state index in [1.807, 2.05) is 0 Å². The Hall–Kier alpha value is -0.0700. The van der Waals surface area contributed by atoms with Crippen molar-refractivity contribution in [2.45, 2.75) is 52.1 Å². The molecule has 2 rings (SSSR count). The van der Waals surface area contributed by atoms with Crippen molar-refractivity contribution in [2.24, 2.45) is 23.7 Å². The summed E-state index contributed by atoms with van der Waals surface area (Å²) in [5.41, 5.74) is 0. The van der Waals surface area contributed by atoms with Crippen LogP contribution in [0.15, 0.2) is 0 Å². The van der Waals surface area contributed by atoms with Gasteiger partial charge in [0.25, 0.3) is 0 Å². The highest BCUT2D eigenvalue weighted by molar-refractivity contribution is 4.88. The van der Waals surface area contributed by atoms with Crippen molar-refractivity contribution in [2.75, 3.05) is 0 Å². The molecule has 4 atom stereocenters. The van der Waals surface area contributed by atoms with Gasteiger partial charge in [0.15, 0.2) is 0 Å². The third-order valence-corrected chi connectivity index (χ3v) is 4.34. The highest BCUT2D eigenvalue weighted by Crippen LogP contribution is 2.46. The molecular formula is C12H21F. The Bertz CT molecular complexity index is 174. The predicted molar refractivity (Wildman–Crippen MR) is 53.3 cm³/mol. The van der Waals surface area contributed by atoms with Gasteiger partial charge in [0.2, 0.25) is 0 Å². The molecule has 0 aromatic heterocycles. The van der Waals surface area contributed by atoms with E-state index in [1.165, 1.54) is 19.3 Å². The Labute approximate surface area is 80.9 Å². The second kappa shape index (κ2) is 3.59. The van der Waals surface area contributed by atoms with Crippen LogP contribution < -0.4 is 0 Å². The average molecular weight is 184 g/mol. The van der Waals surface area contributed by atoms with Crippen LogP contribution in [0.1, 0.15) is 46.0 Å². The van der Waals surface area contributed by atoms with Gasteiger partial charge in [-0.2, -0.15) is 0 Å². The first-order valence-electron chi connectivity index (χ1n) is 5.82. The fourth-order valence-corrected chi connectivity index (χ4v) is 3.10. The maximum atomic E-state index is 13.4. The third-order valence-electron chi connectivity index (χ3n) is 4.34. The van der Waals surface area contributed by atoms with Crippen molar-refractivity contribution in [3.63, 3.8) is 0 Å². The van der Waals surface area contributed by atoms with Crippen molar-refractivity contribution in [1.29, 1.82) is 0 Å². The number of halogens is 1. The lowest BCUT2D eigenvalue weighted by molar-refractivity contribution is 0.0370. The van der Waals surface area contributed by atoms with Gasteiger partial charge in [-0.15, -0.1) is 0 Å². The van der Waals surface area contributed by atoms with Crippen LogP contribution in [0.3, 0.4) is 0 Å². The van der Waals surface area contributed by atoms with E-state index in [2.05, 4.69) is 13.8 Å². The number of hydrogen-bond acceptors (Lipinski definition) is 0. The molecule has 0 aromatic carbocycles. The topological polar surface area (TPSA) is 0 Å². The van der Waals surface area contributed by atoms with Crippen LogP contribution in [0.25, 0.3) is 0 Å². The molecule has 1 heteroatoms. The molecular weight excluding hydrogens is 163 g/mol. The van der Waals surface area contributed by atoms with Gasteiger partial charge < -0.3 is 0 Å². The Kier molecular flexibility index (Phi) is 2.62. The quantitative estimate of drug-likeness (QED) is 0.581. The highest BCUT2D eigenvalue weighted by atomic mass is 19.1. The Morgan fingerprint density at radius 3 is 2.23 bits per heavy atom. The number of alkyl halides is 1. The average Bonchev–Trinajstić information content (AvgIpc) is 1.96. The maximum Gasteiger partial charge on any atom is 0.103 e. The summed E-state index contributed by atoms with van der Waals surface area (Å²) in [6, 6.07) is 0. The van der Waals surface area contributed by atoms with Gasteiger partial charge in [0.1, 0.15) is 6.17 Å². The van der Waals surface area contributed by atoms with Crippen molar-refractivity contribution in [1.82, 2.24) is 0 Å². The van der Waals surface area contributed by atoms with E-state index in [-0.39, 0.29) is 0 Å². The van der Waals surface area contributed by atoms with Crippen LogP contribution in [0.5, 0.6) is 0 Å². The minimum atomic E-state index is -0.522. The van der Waals surface area contributed by atoms with Gasteiger partial charge in [-0.05, 0) is 36.5 Å². The van der Waals surface area contributed by atoms with Gasteiger partial charge in [0, 0.05) is 0 Å². The highest BCUT2D eigenvalue weighted by Gasteiger charge is 2.38. The molecule has 2 aliphatic carbocycles. The summed E-state index contributed by atoms with van der Waals surface area (Å²) in [5, 5.41) is 0. The van der Waals surface area contributed by atoms with E-state index in [4.69, 9.17) is 0 Å². The molecule has 0 nitrogen and oxygen atoms in total. The zero-order valence-corrected chi connectivity index (χ0v) is 8.80. The van der Waals surface area contributed by atoms with Crippen LogP contribution in [-0.2, 0) is 0 Å². The molecule has 0 saturated heterocycles. The van der Waals surface area contributed by atoms with E-state index >= 15 is 0 Å². The first kappa shape index (κ1) is 9.48. The Morgan fingerprint density at radius 1 is 1.00 bits per heavy atom. The Morgan fingerprint density at radius 2 is 1.69 bits per heavy atom. The second-order valence-electron chi connectivity index (χ2n) is 5.30. The molecule has 0 radical (unpaired) electrons. The van der Waals surface area contributed by atoms with Crippen LogP contribution in [0.4, 0.5) is 4.39 Å². The molecule has 2 fully saturated rings. The molecule has 0 N–H and O–H groups in total. The fourth-order valence-electron chi connectivity index (χ4n) is 3.10. The zero-order valence-electron chi connectivity index (χ0n) is 8.80. The van der Waals surface area contributed by atoms with Crippen molar-refractivity contribution >= 4 is 0 Å². The number of hydrogen-bond donors (Lipinski definition) is 0. The molecule has 0 aliphatic heterocycles. The molecule has 4 unspecified atom stereocenters. The van der Waals surface area contributed by atoms with Crippen molar-refractivity contribution < 1.29 is 4.39 Å². The summed E-state index contributed by atoms with van der Waals surface area (Å²) in [5.74, 6) is 2.75. The smallest absolute Gasteiger partial charge is 0.103 e. The summed E-state index contributed by atoms with van der Waals surface area (Å²) >= 11 is 0. The second-order valence-corrected chi connectivity index (χ2v) is 5.30. The van der Waals surface area contributed by atoms with Crippen LogP contribution in [0.2, 0.25) is 0 Å². The molecule has 0 spiro atoms. The summed E-state index contributed by atoms with van der Waals surface area (Å²) in [6.45, 7) is 4.34. The van der Waals surface area contributed by atoms with Gasteiger partial charge in [-0.25, -0.2) is 4.39 Å². The van der Waals surface area contributed by atoms with E-state index in [0.29, 0.717) is 11.8 Å². The lowest BCUT2D eigenvalue weighted by atomic mass is 9.63. The van der Waals surface area contributed by atoms with E-state index < -0.39 is 6.17 Å². The lowest BCUT2D eigenvalue weighted by Gasteiger charge is -2.43.